The van der Waals surface area contributed by atoms with Crippen molar-refractivity contribution in [3.05, 3.63) is 23.8 Å². The number of aliphatic hydroxyl groups excluding tert-OH is 1. The second-order valence-corrected chi connectivity index (χ2v) is 4.52. The maximum absolute atomic E-state index is 11.7. The summed E-state index contributed by atoms with van der Waals surface area (Å²) in [5.74, 6) is -0.411. The Morgan fingerprint density at radius 1 is 1.53 bits per heavy atom. The van der Waals surface area contributed by atoms with Gasteiger partial charge in [0, 0.05) is 13.6 Å². The highest BCUT2D eigenvalue weighted by Gasteiger charge is 2.15. The molecular weight excluding hydrogens is 244 g/mol. The summed E-state index contributed by atoms with van der Waals surface area (Å²) in [6.07, 6.45) is 0.274. The summed E-state index contributed by atoms with van der Waals surface area (Å²) in [4.78, 5) is 13.7. The van der Waals surface area contributed by atoms with Gasteiger partial charge in [0.15, 0.2) is 0 Å². The van der Waals surface area contributed by atoms with Gasteiger partial charge in [0.1, 0.15) is 0 Å². The zero-order valence-corrected chi connectivity index (χ0v) is 11.7. The predicted octanol–water partition coefficient (Wildman–Crippen LogP) is 1.65. The number of nitrogens with two attached hydrogens (primary N) is 1. The largest absolute Gasteiger partial charge is 0.462 e. The zero-order valence-electron chi connectivity index (χ0n) is 11.7. The maximum Gasteiger partial charge on any atom is 0.340 e. The van der Waals surface area contributed by atoms with E-state index in [-0.39, 0.29) is 6.10 Å². The summed E-state index contributed by atoms with van der Waals surface area (Å²) in [6.45, 7) is 4.48. The van der Waals surface area contributed by atoms with Gasteiger partial charge in [-0.05, 0) is 32.4 Å². The highest BCUT2D eigenvalue weighted by molar-refractivity contribution is 5.98. The predicted molar refractivity (Wildman–Crippen MR) is 76.4 cm³/mol. The molecule has 0 saturated carbocycles. The third-order valence-corrected chi connectivity index (χ3v) is 2.87. The summed E-state index contributed by atoms with van der Waals surface area (Å²) in [5, 5.41) is 9.30. The average molecular weight is 266 g/mol. The van der Waals surface area contributed by atoms with Crippen molar-refractivity contribution in [3.63, 3.8) is 0 Å². The molecule has 1 rings (SSSR count). The minimum atomic E-state index is -0.411. The molecule has 5 nitrogen and oxygen atoms in total. The van der Waals surface area contributed by atoms with Gasteiger partial charge >= 0.3 is 5.97 Å². The van der Waals surface area contributed by atoms with E-state index in [1.807, 2.05) is 18.0 Å². The first-order chi connectivity index (χ1) is 8.97. The van der Waals surface area contributed by atoms with Gasteiger partial charge < -0.3 is 20.5 Å². The fraction of sp³-hybridized carbons (Fsp3) is 0.500. The van der Waals surface area contributed by atoms with Crippen LogP contribution in [0.4, 0.5) is 11.4 Å². The van der Waals surface area contributed by atoms with Crippen LogP contribution < -0.4 is 10.6 Å². The van der Waals surface area contributed by atoms with E-state index in [0.29, 0.717) is 30.8 Å². The fourth-order valence-electron chi connectivity index (χ4n) is 1.77. The number of carbonyl (C=O) groups is 1. The van der Waals surface area contributed by atoms with Gasteiger partial charge in [0.2, 0.25) is 0 Å². The van der Waals surface area contributed by atoms with E-state index in [9.17, 15) is 9.90 Å². The molecule has 1 unspecified atom stereocenters. The minimum absolute atomic E-state index is 0.320. The smallest absolute Gasteiger partial charge is 0.340 e. The summed E-state index contributed by atoms with van der Waals surface area (Å²) >= 11 is 0. The first kappa shape index (κ1) is 15.3. The molecule has 1 atom stereocenters. The monoisotopic (exact) mass is 266 g/mol. The SMILES string of the molecule is CCOC(=O)c1cccc(N(C)CCC(C)O)c1N. The Balaban J connectivity index is 2.90. The van der Waals surface area contributed by atoms with Gasteiger partial charge in [-0.1, -0.05) is 6.07 Å². The van der Waals surface area contributed by atoms with Crippen LogP contribution in [0, 0.1) is 0 Å². The number of rotatable bonds is 6. The van der Waals surface area contributed by atoms with Gasteiger partial charge in [0.05, 0.1) is 29.6 Å². The standard InChI is InChI=1S/C14H22N2O3/c1-4-19-14(18)11-6-5-7-12(13(11)15)16(3)9-8-10(2)17/h5-7,10,17H,4,8-9,15H2,1-3H3. The third-order valence-electron chi connectivity index (χ3n) is 2.87. The van der Waals surface area contributed by atoms with E-state index in [0.717, 1.165) is 5.69 Å². The number of hydrogen-bond acceptors (Lipinski definition) is 5. The molecule has 5 heteroatoms. The molecule has 1 aromatic rings. The number of esters is 1. The van der Waals surface area contributed by atoms with Gasteiger partial charge in [-0.2, -0.15) is 0 Å². The molecular formula is C14H22N2O3. The Morgan fingerprint density at radius 2 is 2.21 bits per heavy atom. The van der Waals surface area contributed by atoms with E-state index in [2.05, 4.69) is 0 Å². The van der Waals surface area contributed by atoms with Crippen molar-refractivity contribution in [2.75, 3.05) is 30.8 Å². The number of nitrogen functional groups attached to an aromatic ring is 1. The van der Waals surface area contributed by atoms with Crippen LogP contribution in [0.1, 0.15) is 30.6 Å². The van der Waals surface area contributed by atoms with Crippen LogP contribution in [0.5, 0.6) is 0 Å². The molecule has 0 amide bonds. The summed E-state index contributed by atoms with van der Waals surface area (Å²) in [6, 6.07) is 5.27. The second-order valence-electron chi connectivity index (χ2n) is 4.52. The van der Waals surface area contributed by atoms with Crippen molar-refractivity contribution in [3.8, 4) is 0 Å². The number of anilines is 2. The lowest BCUT2D eigenvalue weighted by atomic mass is 10.1. The lowest BCUT2D eigenvalue weighted by Crippen LogP contribution is -2.23. The number of hydrogen-bond donors (Lipinski definition) is 2. The number of ether oxygens (including phenoxy) is 1. The fourth-order valence-corrected chi connectivity index (χ4v) is 1.77. The number of carbonyl (C=O) groups excluding carboxylic acids is 1. The highest BCUT2D eigenvalue weighted by Crippen LogP contribution is 2.26. The minimum Gasteiger partial charge on any atom is -0.462 e. The zero-order chi connectivity index (χ0) is 14.4. The molecule has 3 N–H and O–H groups in total. The van der Waals surface area contributed by atoms with Crippen molar-refractivity contribution >= 4 is 17.3 Å². The summed E-state index contributed by atoms with van der Waals surface area (Å²) in [5.41, 5.74) is 7.58. The van der Waals surface area contributed by atoms with E-state index >= 15 is 0 Å². The molecule has 0 aliphatic rings. The molecule has 0 radical (unpaired) electrons. The Bertz CT molecular complexity index is 433. The van der Waals surface area contributed by atoms with Crippen LogP contribution in [0.25, 0.3) is 0 Å². The lowest BCUT2D eigenvalue weighted by molar-refractivity contribution is 0.0527. The van der Waals surface area contributed by atoms with Gasteiger partial charge in [-0.3, -0.25) is 0 Å². The number of para-hydroxylation sites is 1. The van der Waals surface area contributed by atoms with Gasteiger partial charge in [-0.25, -0.2) is 4.79 Å². The number of nitrogens with zero attached hydrogens (tertiary/aromatic N) is 1. The van der Waals surface area contributed by atoms with Crippen LogP contribution in [0.3, 0.4) is 0 Å². The second kappa shape index (κ2) is 6.99. The molecule has 0 spiro atoms. The molecule has 1 aromatic carbocycles. The van der Waals surface area contributed by atoms with E-state index in [1.165, 1.54) is 0 Å². The maximum atomic E-state index is 11.7. The Morgan fingerprint density at radius 3 is 2.79 bits per heavy atom. The van der Waals surface area contributed by atoms with Crippen molar-refractivity contribution in [2.24, 2.45) is 0 Å². The number of aliphatic hydroxyl groups is 1. The van der Waals surface area contributed by atoms with Crippen LogP contribution in [-0.4, -0.2) is 37.4 Å². The van der Waals surface area contributed by atoms with E-state index < -0.39 is 5.97 Å². The van der Waals surface area contributed by atoms with E-state index in [4.69, 9.17) is 10.5 Å². The average Bonchev–Trinajstić information content (AvgIpc) is 2.36. The summed E-state index contributed by atoms with van der Waals surface area (Å²) in [7, 11) is 1.88. The van der Waals surface area contributed by atoms with Crippen molar-refractivity contribution in [2.45, 2.75) is 26.4 Å². The van der Waals surface area contributed by atoms with Crippen LogP contribution in [0.15, 0.2) is 18.2 Å². The Hall–Kier alpha value is -1.75. The molecule has 19 heavy (non-hydrogen) atoms. The van der Waals surface area contributed by atoms with Crippen LogP contribution >= 0.6 is 0 Å². The molecule has 106 valence electrons. The quantitative estimate of drug-likeness (QED) is 0.605. The lowest BCUT2D eigenvalue weighted by Gasteiger charge is -2.22. The third kappa shape index (κ3) is 4.13. The normalized spacial score (nSPS) is 12.0. The van der Waals surface area contributed by atoms with Crippen molar-refractivity contribution in [1.29, 1.82) is 0 Å². The van der Waals surface area contributed by atoms with Gasteiger partial charge in [-0.15, -0.1) is 0 Å². The van der Waals surface area contributed by atoms with Crippen molar-refractivity contribution in [1.82, 2.24) is 0 Å². The first-order valence-electron chi connectivity index (χ1n) is 6.42. The molecule has 0 heterocycles. The molecule has 0 aromatic heterocycles. The molecule has 0 saturated heterocycles. The topological polar surface area (TPSA) is 75.8 Å². The molecule has 0 fully saturated rings. The highest BCUT2D eigenvalue weighted by atomic mass is 16.5. The first-order valence-corrected chi connectivity index (χ1v) is 6.42. The molecule has 0 bridgehead atoms. The molecule has 0 aliphatic carbocycles. The summed E-state index contributed by atoms with van der Waals surface area (Å²) < 4.78 is 4.96. The van der Waals surface area contributed by atoms with Crippen molar-refractivity contribution < 1.29 is 14.6 Å². The number of benzene rings is 1. The molecule has 0 aliphatic heterocycles. The van der Waals surface area contributed by atoms with E-state index in [1.54, 1.807) is 26.0 Å². The Labute approximate surface area is 114 Å². The van der Waals surface area contributed by atoms with Crippen LogP contribution in [-0.2, 0) is 4.74 Å². The van der Waals surface area contributed by atoms with Gasteiger partial charge in [0.25, 0.3) is 0 Å². The Kier molecular flexibility index (Phi) is 5.63. The van der Waals surface area contributed by atoms with Crippen LogP contribution in [0.2, 0.25) is 0 Å².